The number of nitrogens with one attached hydrogen (secondary N) is 1. The molecular weight excluding hydrogens is 240 g/mol. The van der Waals surface area contributed by atoms with Crippen molar-refractivity contribution < 1.29 is 9.90 Å². The zero-order valence-electron chi connectivity index (χ0n) is 10.5. The standard InChI is InChI=1S/C15H14N2O2/c1-11(18)17-9-6-12-2-3-14(19)10-15(12)13-4-7-16-8-5-13/h2-10,19H,1H3,(H,17,18). The van der Waals surface area contributed by atoms with E-state index in [1.54, 1.807) is 42.9 Å². The Balaban J connectivity index is 2.39. The number of phenolic OH excluding ortho intramolecular Hbond substituents is 1. The normalized spacial score (nSPS) is 10.6. The number of carbonyl (C=O) groups is 1. The van der Waals surface area contributed by atoms with Gasteiger partial charge in [0, 0.05) is 25.5 Å². The molecule has 2 aromatic rings. The third-order valence-corrected chi connectivity index (χ3v) is 2.58. The Bertz CT molecular complexity index is 607. The number of rotatable bonds is 3. The molecule has 19 heavy (non-hydrogen) atoms. The van der Waals surface area contributed by atoms with E-state index in [0.717, 1.165) is 16.7 Å². The lowest BCUT2D eigenvalue weighted by Crippen LogP contribution is -2.11. The van der Waals surface area contributed by atoms with Crippen LogP contribution in [-0.4, -0.2) is 16.0 Å². The number of amides is 1. The van der Waals surface area contributed by atoms with Gasteiger partial charge >= 0.3 is 0 Å². The first-order valence-electron chi connectivity index (χ1n) is 5.84. The zero-order chi connectivity index (χ0) is 13.7. The number of nitrogens with zero attached hydrogens (tertiary/aromatic N) is 1. The molecule has 1 aromatic carbocycles. The Hall–Kier alpha value is -2.62. The maximum atomic E-state index is 10.8. The second kappa shape index (κ2) is 5.82. The van der Waals surface area contributed by atoms with Gasteiger partial charge in [-0.15, -0.1) is 0 Å². The monoisotopic (exact) mass is 254 g/mol. The van der Waals surface area contributed by atoms with Crippen LogP contribution in [0.15, 0.2) is 48.9 Å². The van der Waals surface area contributed by atoms with E-state index in [-0.39, 0.29) is 11.7 Å². The van der Waals surface area contributed by atoms with Crippen LogP contribution in [0.5, 0.6) is 5.75 Å². The van der Waals surface area contributed by atoms with Crippen LogP contribution < -0.4 is 5.32 Å². The summed E-state index contributed by atoms with van der Waals surface area (Å²) >= 11 is 0. The maximum Gasteiger partial charge on any atom is 0.220 e. The molecule has 0 aliphatic rings. The van der Waals surface area contributed by atoms with Gasteiger partial charge in [-0.25, -0.2) is 0 Å². The summed E-state index contributed by atoms with van der Waals surface area (Å²) in [5.41, 5.74) is 2.73. The van der Waals surface area contributed by atoms with Gasteiger partial charge in [-0.05, 0) is 47.0 Å². The summed E-state index contributed by atoms with van der Waals surface area (Å²) < 4.78 is 0. The van der Waals surface area contributed by atoms with E-state index in [1.807, 2.05) is 12.1 Å². The first-order valence-corrected chi connectivity index (χ1v) is 5.84. The van der Waals surface area contributed by atoms with Crippen LogP contribution in [0.25, 0.3) is 17.2 Å². The molecule has 0 saturated carbocycles. The predicted molar refractivity (Wildman–Crippen MR) is 74.2 cm³/mol. The number of aromatic nitrogens is 1. The van der Waals surface area contributed by atoms with Crippen molar-refractivity contribution in [1.82, 2.24) is 10.3 Å². The number of carbonyl (C=O) groups excluding carboxylic acids is 1. The largest absolute Gasteiger partial charge is 0.508 e. The summed E-state index contributed by atoms with van der Waals surface area (Å²) in [5, 5.41) is 12.2. The van der Waals surface area contributed by atoms with E-state index in [0.29, 0.717) is 0 Å². The third-order valence-electron chi connectivity index (χ3n) is 2.58. The summed E-state index contributed by atoms with van der Waals surface area (Å²) in [6.07, 6.45) is 6.76. The lowest BCUT2D eigenvalue weighted by atomic mass is 10.0. The Kier molecular flexibility index (Phi) is 3.93. The molecule has 0 spiro atoms. The fourth-order valence-corrected chi connectivity index (χ4v) is 1.72. The first kappa shape index (κ1) is 12.8. The van der Waals surface area contributed by atoms with Crippen molar-refractivity contribution in [2.75, 3.05) is 0 Å². The van der Waals surface area contributed by atoms with E-state index >= 15 is 0 Å². The van der Waals surface area contributed by atoms with Gasteiger partial charge in [-0.3, -0.25) is 9.78 Å². The maximum absolute atomic E-state index is 10.8. The second-order valence-electron chi connectivity index (χ2n) is 4.04. The summed E-state index contributed by atoms with van der Waals surface area (Å²) in [6.45, 7) is 1.45. The van der Waals surface area contributed by atoms with Crippen LogP contribution in [0.1, 0.15) is 12.5 Å². The van der Waals surface area contributed by atoms with Gasteiger partial charge in [0.1, 0.15) is 5.75 Å². The van der Waals surface area contributed by atoms with Crippen LogP contribution in [0.3, 0.4) is 0 Å². The van der Waals surface area contributed by atoms with Gasteiger partial charge in [0.05, 0.1) is 0 Å². The number of hydrogen-bond acceptors (Lipinski definition) is 3. The Morgan fingerprint density at radius 1 is 1.26 bits per heavy atom. The molecular formula is C15H14N2O2. The van der Waals surface area contributed by atoms with Crippen molar-refractivity contribution in [3.05, 3.63) is 54.5 Å². The zero-order valence-corrected chi connectivity index (χ0v) is 10.5. The van der Waals surface area contributed by atoms with E-state index < -0.39 is 0 Å². The lowest BCUT2D eigenvalue weighted by Gasteiger charge is -2.07. The van der Waals surface area contributed by atoms with E-state index in [4.69, 9.17) is 0 Å². The molecule has 0 atom stereocenters. The van der Waals surface area contributed by atoms with Crippen LogP contribution in [0.2, 0.25) is 0 Å². The summed E-state index contributed by atoms with van der Waals surface area (Å²) in [4.78, 5) is 14.8. The van der Waals surface area contributed by atoms with E-state index in [2.05, 4.69) is 10.3 Å². The molecule has 0 unspecified atom stereocenters. The van der Waals surface area contributed by atoms with Crippen molar-refractivity contribution in [1.29, 1.82) is 0 Å². The third kappa shape index (κ3) is 3.42. The van der Waals surface area contributed by atoms with Gasteiger partial charge in [0.2, 0.25) is 5.91 Å². The summed E-state index contributed by atoms with van der Waals surface area (Å²) in [5.74, 6) is 0.0731. The molecule has 4 heteroatoms. The average molecular weight is 254 g/mol. The number of hydrogen-bond donors (Lipinski definition) is 2. The molecule has 1 amide bonds. The van der Waals surface area contributed by atoms with Gasteiger partial charge in [0.25, 0.3) is 0 Å². The molecule has 0 saturated heterocycles. The first-order chi connectivity index (χ1) is 9.16. The number of aromatic hydroxyl groups is 1. The number of phenols is 1. The molecule has 4 nitrogen and oxygen atoms in total. The van der Waals surface area contributed by atoms with Crippen molar-refractivity contribution in [3.8, 4) is 16.9 Å². The SMILES string of the molecule is CC(=O)NC=Cc1ccc(O)cc1-c1ccncc1. The van der Waals surface area contributed by atoms with Crippen molar-refractivity contribution >= 4 is 12.0 Å². The smallest absolute Gasteiger partial charge is 0.220 e. The van der Waals surface area contributed by atoms with Crippen molar-refractivity contribution in [2.45, 2.75) is 6.92 Å². The Morgan fingerprint density at radius 3 is 2.68 bits per heavy atom. The highest BCUT2D eigenvalue weighted by Crippen LogP contribution is 2.27. The van der Waals surface area contributed by atoms with E-state index in [1.165, 1.54) is 6.92 Å². The van der Waals surface area contributed by atoms with Crippen LogP contribution >= 0.6 is 0 Å². The molecule has 0 bridgehead atoms. The van der Waals surface area contributed by atoms with Crippen LogP contribution in [0, 0.1) is 0 Å². The minimum Gasteiger partial charge on any atom is -0.508 e. The molecule has 0 aliphatic carbocycles. The summed E-state index contributed by atoms with van der Waals surface area (Å²) in [6, 6.07) is 8.82. The van der Waals surface area contributed by atoms with Crippen molar-refractivity contribution in [3.63, 3.8) is 0 Å². The molecule has 1 aromatic heterocycles. The molecule has 0 aliphatic heterocycles. The predicted octanol–water partition coefficient (Wildman–Crippen LogP) is 2.56. The average Bonchev–Trinajstić information content (AvgIpc) is 2.41. The quantitative estimate of drug-likeness (QED) is 0.884. The Morgan fingerprint density at radius 2 is 2.00 bits per heavy atom. The molecule has 2 N–H and O–H groups in total. The highest BCUT2D eigenvalue weighted by atomic mass is 16.3. The fourth-order valence-electron chi connectivity index (χ4n) is 1.72. The van der Waals surface area contributed by atoms with Gasteiger partial charge in [-0.1, -0.05) is 6.07 Å². The van der Waals surface area contributed by atoms with Crippen molar-refractivity contribution in [2.24, 2.45) is 0 Å². The molecule has 0 radical (unpaired) electrons. The highest BCUT2D eigenvalue weighted by molar-refractivity contribution is 5.78. The molecule has 96 valence electrons. The summed E-state index contributed by atoms with van der Waals surface area (Å²) in [7, 11) is 0. The Labute approximate surface area is 111 Å². The van der Waals surface area contributed by atoms with Gasteiger partial charge < -0.3 is 10.4 Å². The number of pyridine rings is 1. The second-order valence-corrected chi connectivity index (χ2v) is 4.04. The molecule has 2 rings (SSSR count). The highest BCUT2D eigenvalue weighted by Gasteiger charge is 2.04. The van der Waals surface area contributed by atoms with Crippen LogP contribution in [0.4, 0.5) is 0 Å². The topological polar surface area (TPSA) is 62.2 Å². The molecule has 1 heterocycles. The van der Waals surface area contributed by atoms with Gasteiger partial charge in [-0.2, -0.15) is 0 Å². The minimum absolute atomic E-state index is 0.125. The molecule has 0 fully saturated rings. The minimum atomic E-state index is -0.125. The van der Waals surface area contributed by atoms with Crippen LogP contribution in [-0.2, 0) is 4.79 Å². The van der Waals surface area contributed by atoms with Gasteiger partial charge in [0.15, 0.2) is 0 Å². The van der Waals surface area contributed by atoms with E-state index in [9.17, 15) is 9.90 Å². The number of benzene rings is 1. The fraction of sp³-hybridized carbons (Fsp3) is 0.0667. The lowest BCUT2D eigenvalue weighted by molar-refractivity contribution is -0.118.